The summed E-state index contributed by atoms with van der Waals surface area (Å²) in [7, 11) is 3.82. The number of pyridine rings is 1. The Labute approximate surface area is 189 Å². The highest BCUT2D eigenvalue weighted by molar-refractivity contribution is 9.11. The number of nitro groups is 2. The van der Waals surface area contributed by atoms with Crippen LogP contribution in [-0.2, 0) is 20.0 Å². The van der Waals surface area contributed by atoms with E-state index in [9.17, 15) is 20.2 Å². The van der Waals surface area contributed by atoms with Crippen LogP contribution in [0.1, 0.15) is 11.1 Å². The van der Waals surface area contributed by atoms with Crippen LogP contribution in [-0.4, -0.2) is 28.3 Å². The van der Waals surface area contributed by atoms with Crippen molar-refractivity contribution in [3.05, 3.63) is 83.0 Å². The van der Waals surface area contributed by atoms with Crippen molar-refractivity contribution in [1.82, 2.24) is 4.90 Å². The third-order valence-electron chi connectivity index (χ3n) is 4.93. The molecule has 1 aliphatic heterocycles. The standard InChI is InChI=1S/C10H11BrN2O2.C10H8BrN2O2/c2*1-12-5-4-7-8(6-12)10(13(14)15)3-2-9(7)11/h2-3H,4-6H2,1H3;2-6H,1H3/q;+1. The lowest BCUT2D eigenvalue weighted by atomic mass is 9.98. The molecule has 10 heteroatoms. The Morgan fingerprint density at radius 2 is 1.57 bits per heavy atom. The van der Waals surface area contributed by atoms with Gasteiger partial charge in [-0.3, -0.25) is 20.2 Å². The Bertz CT molecular complexity index is 1150. The molecule has 0 spiro atoms. The monoisotopic (exact) mass is 537 g/mol. The van der Waals surface area contributed by atoms with E-state index in [1.54, 1.807) is 29.0 Å². The van der Waals surface area contributed by atoms with Crippen LogP contribution in [0.4, 0.5) is 11.4 Å². The zero-order valence-electron chi connectivity index (χ0n) is 16.3. The average molecular weight is 539 g/mol. The minimum Gasteiger partial charge on any atom is -0.302 e. The van der Waals surface area contributed by atoms with Crippen LogP contribution in [0.2, 0.25) is 0 Å². The van der Waals surface area contributed by atoms with Crippen LogP contribution in [0.15, 0.2) is 51.7 Å². The smallest absolute Gasteiger partial charge is 0.283 e. The summed E-state index contributed by atoms with van der Waals surface area (Å²) in [4.78, 5) is 23.1. The summed E-state index contributed by atoms with van der Waals surface area (Å²) in [6.07, 6.45) is 4.48. The molecule has 0 saturated carbocycles. The number of non-ortho nitro benzene ring substituents is 1. The molecule has 0 amide bonds. The number of likely N-dealkylation sites (N-methyl/N-ethyl adjacent to an activating group) is 1. The van der Waals surface area contributed by atoms with E-state index in [4.69, 9.17) is 0 Å². The van der Waals surface area contributed by atoms with E-state index in [0.717, 1.165) is 38.4 Å². The molecule has 2 heterocycles. The third-order valence-corrected chi connectivity index (χ3v) is 6.37. The molecule has 1 aromatic heterocycles. The fourth-order valence-corrected chi connectivity index (χ4v) is 4.47. The van der Waals surface area contributed by atoms with E-state index in [0.29, 0.717) is 11.9 Å². The zero-order valence-corrected chi connectivity index (χ0v) is 19.5. The van der Waals surface area contributed by atoms with Crippen molar-refractivity contribution >= 4 is 54.0 Å². The van der Waals surface area contributed by atoms with Crippen molar-refractivity contribution in [1.29, 1.82) is 0 Å². The number of nitro benzene ring substituents is 2. The molecule has 0 atom stereocenters. The Balaban J connectivity index is 0.000000171. The second kappa shape index (κ2) is 9.15. The van der Waals surface area contributed by atoms with Crippen molar-refractivity contribution < 1.29 is 14.4 Å². The predicted octanol–water partition coefficient (Wildman–Crippen LogP) is 4.68. The lowest BCUT2D eigenvalue weighted by Crippen LogP contribution is -2.27. The minimum absolute atomic E-state index is 0.129. The van der Waals surface area contributed by atoms with Crippen LogP contribution in [0.5, 0.6) is 0 Å². The highest BCUT2D eigenvalue weighted by Gasteiger charge is 2.24. The second-order valence-electron chi connectivity index (χ2n) is 7.03. The Hall–Kier alpha value is -2.43. The largest absolute Gasteiger partial charge is 0.302 e. The van der Waals surface area contributed by atoms with Crippen molar-refractivity contribution in [3.8, 4) is 0 Å². The fourth-order valence-electron chi connectivity index (χ4n) is 3.42. The average Bonchev–Trinajstić information content (AvgIpc) is 2.68. The fraction of sp³-hybridized carbons (Fsp3) is 0.250. The molecule has 4 rings (SSSR count). The van der Waals surface area contributed by atoms with Crippen LogP contribution >= 0.6 is 31.9 Å². The van der Waals surface area contributed by atoms with E-state index in [2.05, 4.69) is 36.8 Å². The molecule has 156 valence electrons. The molecule has 0 saturated heterocycles. The molecule has 8 nitrogen and oxygen atoms in total. The number of nitrogens with zero attached hydrogens (tertiary/aromatic N) is 4. The number of aromatic nitrogens is 1. The SMILES string of the molecule is CN1CCc2c(Br)ccc([N+](=O)[O-])c2C1.C[n+]1ccc2c(Br)ccc([N+](=O)[O-])c2c1. The Kier molecular flexibility index (Phi) is 6.79. The van der Waals surface area contributed by atoms with Gasteiger partial charge in [0.15, 0.2) is 12.4 Å². The van der Waals surface area contributed by atoms with Crippen LogP contribution in [0.25, 0.3) is 10.8 Å². The maximum atomic E-state index is 10.9. The van der Waals surface area contributed by atoms with Gasteiger partial charge >= 0.3 is 0 Å². The molecule has 0 unspecified atom stereocenters. The Morgan fingerprint density at radius 3 is 2.23 bits per heavy atom. The summed E-state index contributed by atoms with van der Waals surface area (Å²) in [5.41, 5.74) is 2.30. The first kappa shape index (κ1) is 22.3. The van der Waals surface area contributed by atoms with Crippen molar-refractivity contribution in [2.24, 2.45) is 7.05 Å². The van der Waals surface area contributed by atoms with E-state index >= 15 is 0 Å². The molecule has 0 bridgehead atoms. The topological polar surface area (TPSA) is 93.4 Å². The molecule has 0 aliphatic carbocycles. The summed E-state index contributed by atoms with van der Waals surface area (Å²) in [5, 5.41) is 23.2. The highest BCUT2D eigenvalue weighted by atomic mass is 79.9. The summed E-state index contributed by atoms with van der Waals surface area (Å²) in [5.74, 6) is 0. The second-order valence-corrected chi connectivity index (χ2v) is 8.74. The molecular formula is C20H19Br2N4O4+. The first-order chi connectivity index (χ1) is 14.2. The number of fused-ring (bicyclic) bond motifs is 2. The molecule has 2 aromatic carbocycles. The number of benzene rings is 2. The summed E-state index contributed by atoms with van der Waals surface area (Å²) >= 11 is 6.82. The van der Waals surface area contributed by atoms with Gasteiger partial charge in [-0.15, -0.1) is 0 Å². The van der Waals surface area contributed by atoms with Crippen molar-refractivity contribution in [2.45, 2.75) is 13.0 Å². The summed E-state index contributed by atoms with van der Waals surface area (Å²) in [6, 6.07) is 8.39. The number of rotatable bonds is 2. The van der Waals surface area contributed by atoms with Gasteiger partial charge in [0.2, 0.25) is 0 Å². The lowest BCUT2D eigenvalue weighted by Gasteiger charge is -2.25. The quantitative estimate of drug-likeness (QED) is 0.268. The highest BCUT2D eigenvalue weighted by Crippen LogP contribution is 2.33. The molecule has 0 N–H and O–H groups in total. The Morgan fingerprint density at radius 1 is 0.933 bits per heavy atom. The van der Waals surface area contributed by atoms with Gasteiger partial charge in [0, 0.05) is 51.2 Å². The van der Waals surface area contributed by atoms with Gasteiger partial charge in [-0.1, -0.05) is 31.9 Å². The molecule has 0 radical (unpaired) electrons. The maximum absolute atomic E-state index is 10.9. The minimum atomic E-state index is -0.366. The van der Waals surface area contributed by atoms with E-state index in [1.165, 1.54) is 6.07 Å². The molecular weight excluding hydrogens is 520 g/mol. The van der Waals surface area contributed by atoms with Gasteiger partial charge < -0.3 is 4.90 Å². The van der Waals surface area contributed by atoms with Gasteiger partial charge in [-0.25, -0.2) is 4.57 Å². The summed E-state index contributed by atoms with van der Waals surface area (Å²) < 4.78 is 3.64. The van der Waals surface area contributed by atoms with Gasteiger partial charge in [-0.2, -0.15) is 0 Å². The molecule has 30 heavy (non-hydrogen) atoms. The third kappa shape index (κ3) is 4.66. The van der Waals surface area contributed by atoms with Gasteiger partial charge in [0.25, 0.3) is 11.4 Å². The normalized spacial score (nSPS) is 13.3. The molecule has 1 aliphatic rings. The van der Waals surface area contributed by atoms with E-state index < -0.39 is 0 Å². The van der Waals surface area contributed by atoms with Gasteiger partial charge in [-0.05, 0) is 31.2 Å². The van der Waals surface area contributed by atoms with Gasteiger partial charge in [0.05, 0.1) is 9.85 Å². The van der Waals surface area contributed by atoms with E-state index in [1.807, 2.05) is 26.4 Å². The maximum Gasteiger partial charge on any atom is 0.283 e. The zero-order chi connectivity index (χ0) is 22.0. The van der Waals surface area contributed by atoms with Crippen LogP contribution in [0.3, 0.4) is 0 Å². The van der Waals surface area contributed by atoms with E-state index in [-0.39, 0.29) is 21.2 Å². The van der Waals surface area contributed by atoms with Gasteiger partial charge in [0.1, 0.15) is 12.4 Å². The number of hydrogen-bond acceptors (Lipinski definition) is 5. The number of aryl methyl sites for hydroxylation is 1. The van der Waals surface area contributed by atoms with Crippen molar-refractivity contribution in [3.63, 3.8) is 0 Å². The molecule has 0 fully saturated rings. The van der Waals surface area contributed by atoms with Crippen molar-refractivity contribution in [2.75, 3.05) is 13.6 Å². The molecule has 3 aromatic rings. The first-order valence-corrected chi connectivity index (χ1v) is 10.6. The first-order valence-electron chi connectivity index (χ1n) is 9.04. The number of hydrogen-bond donors (Lipinski definition) is 0. The lowest BCUT2D eigenvalue weighted by molar-refractivity contribution is -0.670. The van der Waals surface area contributed by atoms with Crippen LogP contribution < -0.4 is 4.57 Å². The predicted molar refractivity (Wildman–Crippen MR) is 120 cm³/mol. The van der Waals surface area contributed by atoms with Crippen LogP contribution in [0, 0.1) is 20.2 Å². The summed E-state index contributed by atoms with van der Waals surface area (Å²) in [6.45, 7) is 1.61. The number of halogens is 2.